The molecule has 2 nitrogen and oxygen atoms in total. The number of rotatable bonds is 2. The normalized spacial score (nSPS) is 26.5. The Balaban J connectivity index is 1.77. The molecule has 0 aromatic rings. The van der Waals surface area contributed by atoms with E-state index < -0.39 is 0 Å². The molecule has 2 rings (SSSR count). The number of nitriles is 1. The van der Waals surface area contributed by atoms with Gasteiger partial charge in [-0.05, 0) is 44.2 Å². The van der Waals surface area contributed by atoms with Crippen molar-refractivity contribution < 1.29 is 0 Å². The van der Waals surface area contributed by atoms with Crippen molar-refractivity contribution in [2.24, 2.45) is 5.41 Å². The lowest BCUT2D eigenvalue weighted by molar-refractivity contribution is 0.110. The van der Waals surface area contributed by atoms with E-state index in [1.165, 1.54) is 51.6 Å². The third kappa shape index (κ3) is 2.09. The predicted molar refractivity (Wildman–Crippen MR) is 56.8 cm³/mol. The molecule has 0 N–H and O–H groups in total. The summed E-state index contributed by atoms with van der Waals surface area (Å²) in [4.78, 5) is 2.47. The lowest BCUT2D eigenvalue weighted by Crippen LogP contribution is -2.39. The number of nitrogens with zero attached hydrogens (tertiary/aromatic N) is 2. The van der Waals surface area contributed by atoms with E-state index in [4.69, 9.17) is 5.26 Å². The minimum absolute atomic E-state index is 0.701. The van der Waals surface area contributed by atoms with Crippen LogP contribution < -0.4 is 0 Å². The van der Waals surface area contributed by atoms with Crippen LogP contribution in [0.1, 0.15) is 44.9 Å². The van der Waals surface area contributed by atoms with Crippen molar-refractivity contribution in [3.63, 3.8) is 0 Å². The summed E-state index contributed by atoms with van der Waals surface area (Å²) >= 11 is 0. The summed E-state index contributed by atoms with van der Waals surface area (Å²) in [7, 11) is 0. The van der Waals surface area contributed by atoms with E-state index in [2.05, 4.69) is 11.0 Å². The summed E-state index contributed by atoms with van der Waals surface area (Å²) < 4.78 is 0. The Kier molecular flexibility index (Phi) is 3.08. The van der Waals surface area contributed by atoms with Gasteiger partial charge in [-0.15, -0.1) is 0 Å². The molecule has 1 aliphatic heterocycles. The smallest absolute Gasteiger partial charge is 0.0635 e. The van der Waals surface area contributed by atoms with Crippen LogP contribution in [0.3, 0.4) is 0 Å². The second kappa shape index (κ2) is 4.31. The molecule has 2 aliphatic rings. The van der Waals surface area contributed by atoms with Crippen LogP contribution in [0, 0.1) is 16.7 Å². The predicted octanol–water partition coefficient (Wildman–Crippen LogP) is 2.56. The van der Waals surface area contributed by atoms with Gasteiger partial charge in [-0.25, -0.2) is 0 Å². The topological polar surface area (TPSA) is 27.0 Å². The molecule has 2 heteroatoms. The number of likely N-dealkylation sites (tertiary alicyclic amines) is 1. The van der Waals surface area contributed by atoms with Gasteiger partial charge in [0.1, 0.15) is 0 Å². The molecule has 0 bridgehead atoms. The first-order valence-electron chi connectivity index (χ1n) is 5.94. The maximum Gasteiger partial charge on any atom is 0.0635 e. The van der Waals surface area contributed by atoms with Crippen LogP contribution in [0.2, 0.25) is 0 Å². The fraction of sp³-hybridized carbons (Fsp3) is 0.917. The van der Waals surface area contributed by atoms with E-state index in [1.54, 1.807) is 0 Å². The molecule has 0 aromatic carbocycles. The maximum atomic E-state index is 8.53. The van der Waals surface area contributed by atoms with Crippen molar-refractivity contribution >= 4 is 0 Å². The molecule has 0 amide bonds. The highest BCUT2D eigenvalue weighted by Gasteiger charge is 2.36. The molecule has 1 saturated heterocycles. The first-order chi connectivity index (χ1) is 6.85. The molecule has 14 heavy (non-hydrogen) atoms. The van der Waals surface area contributed by atoms with Crippen LogP contribution >= 0.6 is 0 Å². The van der Waals surface area contributed by atoms with Crippen molar-refractivity contribution in [2.45, 2.75) is 44.9 Å². The molecule has 0 atom stereocenters. The van der Waals surface area contributed by atoms with Crippen LogP contribution in [0.5, 0.6) is 0 Å². The largest absolute Gasteiger partial charge is 0.302 e. The van der Waals surface area contributed by atoms with Gasteiger partial charge in [-0.3, -0.25) is 0 Å². The van der Waals surface area contributed by atoms with Gasteiger partial charge in [0.25, 0.3) is 0 Å². The van der Waals surface area contributed by atoms with Crippen molar-refractivity contribution in [3.05, 3.63) is 0 Å². The van der Waals surface area contributed by atoms with Crippen molar-refractivity contribution in [2.75, 3.05) is 19.6 Å². The standard InChI is InChI=1S/C12H20N2/c13-8-3-9-14-10-6-12(7-11-14)4-1-2-5-12/h1-7,9-11H2. The number of hydrogen-bond acceptors (Lipinski definition) is 2. The van der Waals surface area contributed by atoms with Gasteiger partial charge < -0.3 is 4.90 Å². The molecule has 1 spiro atoms. The Labute approximate surface area is 86.9 Å². The van der Waals surface area contributed by atoms with E-state index >= 15 is 0 Å². The quantitative estimate of drug-likeness (QED) is 0.672. The molecule has 2 fully saturated rings. The number of piperidine rings is 1. The summed E-state index contributed by atoms with van der Waals surface area (Å²) in [6.45, 7) is 3.47. The summed E-state index contributed by atoms with van der Waals surface area (Å²) in [6, 6.07) is 2.23. The van der Waals surface area contributed by atoms with Gasteiger partial charge in [-0.1, -0.05) is 12.8 Å². The van der Waals surface area contributed by atoms with E-state index in [0.29, 0.717) is 6.42 Å². The molecule has 0 aromatic heterocycles. The van der Waals surface area contributed by atoms with E-state index in [-0.39, 0.29) is 0 Å². The number of hydrogen-bond donors (Lipinski definition) is 0. The Hall–Kier alpha value is -0.550. The van der Waals surface area contributed by atoms with Crippen molar-refractivity contribution in [3.8, 4) is 6.07 Å². The van der Waals surface area contributed by atoms with Gasteiger partial charge in [0.05, 0.1) is 6.07 Å². The first-order valence-corrected chi connectivity index (χ1v) is 5.94. The summed E-state index contributed by atoms with van der Waals surface area (Å²) in [5, 5.41) is 8.53. The fourth-order valence-corrected chi connectivity index (χ4v) is 3.08. The van der Waals surface area contributed by atoms with Crippen LogP contribution in [-0.4, -0.2) is 24.5 Å². The van der Waals surface area contributed by atoms with Crippen LogP contribution in [0.15, 0.2) is 0 Å². The van der Waals surface area contributed by atoms with Crippen LogP contribution in [-0.2, 0) is 0 Å². The molecule has 78 valence electrons. The second-order valence-electron chi connectivity index (χ2n) is 4.96. The Morgan fingerprint density at radius 3 is 2.29 bits per heavy atom. The Morgan fingerprint density at radius 1 is 1.07 bits per heavy atom. The van der Waals surface area contributed by atoms with Crippen molar-refractivity contribution in [1.29, 1.82) is 5.26 Å². The highest BCUT2D eigenvalue weighted by molar-refractivity contribution is 4.90. The zero-order chi connectivity index (χ0) is 9.86. The Bertz CT molecular complexity index is 213. The molecule has 1 aliphatic carbocycles. The monoisotopic (exact) mass is 192 g/mol. The van der Waals surface area contributed by atoms with Crippen LogP contribution in [0.25, 0.3) is 0 Å². The zero-order valence-electron chi connectivity index (χ0n) is 8.97. The molecule has 1 heterocycles. The average Bonchev–Trinajstić information content (AvgIpc) is 2.66. The minimum atomic E-state index is 0.701. The van der Waals surface area contributed by atoms with Gasteiger partial charge in [0.2, 0.25) is 0 Å². The second-order valence-corrected chi connectivity index (χ2v) is 4.96. The SMILES string of the molecule is N#CCCN1CCC2(CCCC2)CC1. The summed E-state index contributed by atoms with van der Waals surface area (Å²) in [5.41, 5.74) is 0.725. The molecule has 1 saturated carbocycles. The van der Waals surface area contributed by atoms with Gasteiger partial charge in [0, 0.05) is 13.0 Å². The third-order valence-electron chi connectivity index (χ3n) is 4.12. The van der Waals surface area contributed by atoms with E-state index in [1.807, 2.05) is 0 Å². The van der Waals surface area contributed by atoms with Gasteiger partial charge >= 0.3 is 0 Å². The summed E-state index contributed by atoms with van der Waals surface area (Å²) in [5.74, 6) is 0. The first kappa shape index (κ1) is 9.98. The minimum Gasteiger partial charge on any atom is -0.302 e. The van der Waals surface area contributed by atoms with Gasteiger partial charge in [0.15, 0.2) is 0 Å². The Morgan fingerprint density at radius 2 is 1.71 bits per heavy atom. The lowest BCUT2D eigenvalue weighted by atomic mass is 9.77. The van der Waals surface area contributed by atoms with Crippen LogP contribution in [0.4, 0.5) is 0 Å². The lowest BCUT2D eigenvalue weighted by Gasteiger charge is -2.39. The highest BCUT2D eigenvalue weighted by atomic mass is 15.1. The molecular formula is C12H20N2. The van der Waals surface area contributed by atoms with E-state index in [9.17, 15) is 0 Å². The highest BCUT2D eigenvalue weighted by Crippen LogP contribution is 2.45. The fourth-order valence-electron chi connectivity index (χ4n) is 3.08. The summed E-state index contributed by atoms with van der Waals surface area (Å²) in [6.07, 6.45) is 9.33. The maximum absolute atomic E-state index is 8.53. The molecule has 0 radical (unpaired) electrons. The zero-order valence-corrected chi connectivity index (χ0v) is 8.97. The van der Waals surface area contributed by atoms with Crippen molar-refractivity contribution in [1.82, 2.24) is 4.90 Å². The molecular weight excluding hydrogens is 172 g/mol. The van der Waals surface area contributed by atoms with E-state index in [0.717, 1.165) is 12.0 Å². The molecule has 0 unspecified atom stereocenters. The third-order valence-corrected chi connectivity index (χ3v) is 4.12. The van der Waals surface area contributed by atoms with Gasteiger partial charge in [-0.2, -0.15) is 5.26 Å². The average molecular weight is 192 g/mol.